The van der Waals surface area contributed by atoms with Crippen molar-refractivity contribution in [2.45, 2.75) is 23.9 Å². The normalized spacial score (nSPS) is 12.8. The van der Waals surface area contributed by atoms with Crippen LogP contribution in [0.15, 0.2) is 53.4 Å². The van der Waals surface area contributed by atoms with Crippen molar-refractivity contribution in [3.05, 3.63) is 59.7 Å². The molecule has 0 saturated heterocycles. The van der Waals surface area contributed by atoms with Gasteiger partial charge in [0.2, 0.25) is 10.0 Å². The van der Waals surface area contributed by atoms with E-state index < -0.39 is 33.9 Å². The van der Waals surface area contributed by atoms with Gasteiger partial charge in [-0.15, -0.1) is 13.2 Å². The molecule has 0 aliphatic rings. The Labute approximate surface area is 150 Å². The lowest BCUT2D eigenvalue weighted by atomic mass is 10.1. The number of hydrogen-bond donors (Lipinski definition) is 1. The molecular formula is C16H13F6NO3S. The van der Waals surface area contributed by atoms with Crippen molar-refractivity contribution in [1.29, 1.82) is 0 Å². The van der Waals surface area contributed by atoms with E-state index in [1.54, 1.807) is 0 Å². The van der Waals surface area contributed by atoms with Gasteiger partial charge in [0.15, 0.2) is 0 Å². The summed E-state index contributed by atoms with van der Waals surface area (Å²) in [6, 6.07) is 7.99. The lowest BCUT2D eigenvalue weighted by Gasteiger charge is -2.11. The van der Waals surface area contributed by atoms with E-state index in [9.17, 15) is 34.8 Å². The van der Waals surface area contributed by atoms with Gasteiger partial charge in [-0.05, 0) is 42.3 Å². The molecule has 0 heterocycles. The second-order valence-electron chi connectivity index (χ2n) is 5.37. The Hall–Kier alpha value is -2.27. The third kappa shape index (κ3) is 6.43. The van der Waals surface area contributed by atoms with Crippen LogP contribution in [-0.2, 0) is 22.6 Å². The average Bonchev–Trinajstić information content (AvgIpc) is 2.53. The van der Waals surface area contributed by atoms with Crippen LogP contribution in [-0.4, -0.2) is 21.3 Å². The van der Waals surface area contributed by atoms with Gasteiger partial charge in [0.25, 0.3) is 0 Å². The SMILES string of the molecule is O=S(=O)(NCCc1cccc(C(F)(F)F)c1)c1ccc(OC(F)(F)F)cc1. The molecule has 2 aromatic carbocycles. The molecule has 4 nitrogen and oxygen atoms in total. The van der Waals surface area contributed by atoms with Crippen molar-refractivity contribution < 1.29 is 39.5 Å². The van der Waals surface area contributed by atoms with Crippen LogP contribution in [0.3, 0.4) is 0 Å². The first-order chi connectivity index (χ1) is 12.4. The minimum absolute atomic E-state index is 0.00157. The number of nitrogens with one attached hydrogen (secondary N) is 1. The quantitative estimate of drug-likeness (QED) is 0.725. The van der Waals surface area contributed by atoms with E-state index in [0.717, 1.165) is 36.4 Å². The molecule has 148 valence electrons. The predicted octanol–water partition coefficient (Wildman–Crippen LogP) is 4.13. The molecule has 2 rings (SSSR count). The molecule has 11 heteroatoms. The van der Waals surface area contributed by atoms with Gasteiger partial charge in [-0.25, -0.2) is 13.1 Å². The molecule has 0 aliphatic carbocycles. The highest BCUT2D eigenvalue weighted by atomic mass is 32.2. The Morgan fingerprint density at radius 1 is 0.926 bits per heavy atom. The lowest BCUT2D eigenvalue weighted by Crippen LogP contribution is -2.26. The summed E-state index contributed by atoms with van der Waals surface area (Å²) in [5, 5.41) is 0. The van der Waals surface area contributed by atoms with Gasteiger partial charge in [0, 0.05) is 6.54 Å². The van der Waals surface area contributed by atoms with Gasteiger partial charge in [-0.3, -0.25) is 0 Å². The van der Waals surface area contributed by atoms with E-state index in [2.05, 4.69) is 9.46 Å². The first kappa shape index (κ1) is 21.0. The van der Waals surface area contributed by atoms with Crippen LogP contribution in [0, 0.1) is 0 Å². The van der Waals surface area contributed by atoms with Crippen molar-refractivity contribution in [3.8, 4) is 5.75 Å². The van der Waals surface area contributed by atoms with Crippen LogP contribution in [0.5, 0.6) is 5.75 Å². The second-order valence-corrected chi connectivity index (χ2v) is 7.13. The largest absolute Gasteiger partial charge is 0.573 e. The summed E-state index contributed by atoms with van der Waals surface area (Å²) in [6.07, 6.45) is -9.41. The van der Waals surface area contributed by atoms with Crippen LogP contribution in [0.25, 0.3) is 0 Å². The van der Waals surface area contributed by atoms with Gasteiger partial charge in [-0.1, -0.05) is 18.2 Å². The molecule has 0 atom stereocenters. The molecule has 1 N–H and O–H groups in total. The molecule has 0 radical (unpaired) electrons. The summed E-state index contributed by atoms with van der Waals surface area (Å²) in [4.78, 5) is -0.305. The Morgan fingerprint density at radius 2 is 1.56 bits per heavy atom. The number of sulfonamides is 1. The minimum Gasteiger partial charge on any atom is -0.406 e. The molecule has 0 saturated carbocycles. The summed E-state index contributed by atoms with van der Waals surface area (Å²) in [5.41, 5.74) is -0.565. The summed E-state index contributed by atoms with van der Waals surface area (Å²) < 4.78 is 104. The summed E-state index contributed by atoms with van der Waals surface area (Å²) in [7, 11) is -4.04. The number of rotatable bonds is 6. The second kappa shape index (κ2) is 7.77. The van der Waals surface area contributed by atoms with E-state index in [1.807, 2.05) is 0 Å². The first-order valence-corrected chi connectivity index (χ1v) is 8.87. The summed E-state index contributed by atoms with van der Waals surface area (Å²) >= 11 is 0. The highest BCUT2D eigenvalue weighted by molar-refractivity contribution is 7.89. The van der Waals surface area contributed by atoms with Crippen molar-refractivity contribution in [2.75, 3.05) is 6.54 Å². The Morgan fingerprint density at radius 3 is 2.11 bits per heavy atom. The van der Waals surface area contributed by atoms with Gasteiger partial charge in [0.1, 0.15) is 5.75 Å². The molecule has 0 amide bonds. The maximum atomic E-state index is 12.6. The fourth-order valence-electron chi connectivity index (χ4n) is 2.14. The predicted molar refractivity (Wildman–Crippen MR) is 83.5 cm³/mol. The van der Waals surface area contributed by atoms with E-state index in [1.165, 1.54) is 12.1 Å². The number of alkyl halides is 6. The monoisotopic (exact) mass is 413 g/mol. The molecular weight excluding hydrogens is 400 g/mol. The molecule has 0 aromatic heterocycles. The standard InChI is InChI=1S/C16H13F6NO3S/c17-15(18,19)12-3-1-2-11(10-12)8-9-23-27(24,25)14-6-4-13(5-7-14)26-16(20,21)22/h1-7,10,23H,8-9H2. The first-order valence-electron chi connectivity index (χ1n) is 7.38. The lowest BCUT2D eigenvalue weighted by molar-refractivity contribution is -0.274. The average molecular weight is 413 g/mol. The van der Waals surface area contributed by atoms with Crippen molar-refractivity contribution in [3.63, 3.8) is 0 Å². The van der Waals surface area contributed by atoms with E-state index >= 15 is 0 Å². The Balaban J connectivity index is 1.99. The maximum absolute atomic E-state index is 12.6. The molecule has 2 aromatic rings. The number of halogens is 6. The van der Waals surface area contributed by atoms with Gasteiger partial charge >= 0.3 is 12.5 Å². The third-order valence-electron chi connectivity index (χ3n) is 3.33. The molecule has 27 heavy (non-hydrogen) atoms. The van der Waals surface area contributed by atoms with Gasteiger partial charge in [0.05, 0.1) is 10.5 Å². The Bertz CT molecular complexity index is 876. The highest BCUT2D eigenvalue weighted by Crippen LogP contribution is 2.29. The number of hydrogen-bond acceptors (Lipinski definition) is 3. The van der Waals surface area contributed by atoms with E-state index in [0.29, 0.717) is 0 Å². The molecule has 0 fully saturated rings. The van der Waals surface area contributed by atoms with E-state index in [4.69, 9.17) is 0 Å². The summed E-state index contributed by atoms with van der Waals surface area (Å²) in [6.45, 7) is -0.190. The van der Waals surface area contributed by atoms with Gasteiger partial charge < -0.3 is 4.74 Å². The zero-order valence-corrected chi connectivity index (χ0v) is 14.3. The van der Waals surface area contributed by atoms with Crippen molar-refractivity contribution >= 4 is 10.0 Å². The smallest absolute Gasteiger partial charge is 0.406 e. The fourth-order valence-corrected chi connectivity index (χ4v) is 3.17. The van der Waals surface area contributed by atoms with Crippen molar-refractivity contribution in [2.24, 2.45) is 0 Å². The van der Waals surface area contributed by atoms with Crippen LogP contribution < -0.4 is 9.46 Å². The number of ether oxygens (including phenoxy) is 1. The van der Waals surface area contributed by atoms with Crippen LogP contribution in [0.4, 0.5) is 26.3 Å². The van der Waals surface area contributed by atoms with Crippen molar-refractivity contribution in [1.82, 2.24) is 4.72 Å². The van der Waals surface area contributed by atoms with Crippen LogP contribution in [0.1, 0.15) is 11.1 Å². The maximum Gasteiger partial charge on any atom is 0.573 e. The minimum atomic E-state index is -4.90. The number of benzene rings is 2. The third-order valence-corrected chi connectivity index (χ3v) is 4.80. The zero-order valence-electron chi connectivity index (χ0n) is 13.4. The molecule has 0 spiro atoms. The van der Waals surface area contributed by atoms with Gasteiger partial charge in [-0.2, -0.15) is 13.2 Å². The molecule has 0 bridgehead atoms. The van der Waals surface area contributed by atoms with Crippen LogP contribution >= 0.6 is 0 Å². The fraction of sp³-hybridized carbons (Fsp3) is 0.250. The van der Waals surface area contributed by atoms with Crippen LogP contribution in [0.2, 0.25) is 0 Å². The summed E-state index contributed by atoms with van der Waals surface area (Å²) in [5.74, 6) is -0.578. The van der Waals surface area contributed by atoms with E-state index in [-0.39, 0.29) is 23.4 Å². The molecule has 0 unspecified atom stereocenters. The topological polar surface area (TPSA) is 55.4 Å². The molecule has 0 aliphatic heterocycles. The Kier molecular flexibility index (Phi) is 6.05. The highest BCUT2D eigenvalue weighted by Gasteiger charge is 2.31. The zero-order chi connectivity index (χ0) is 20.3.